The zero-order valence-corrected chi connectivity index (χ0v) is 13.7. The van der Waals surface area contributed by atoms with Crippen molar-refractivity contribution in [3.63, 3.8) is 0 Å². The van der Waals surface area contributed by atoms with Gasteiger partial charge in [0.15, 0.2) is 5.69 Å². The molecule has 0 aliphatic heterocycles. The van der Waals surface area contributed by atoms with Crippen molar-refractivity contribution in [1.29, 1.82) is 5.26 Å². The van der Waals surface area contributed by atoms with E-state index in [1.807, 2.05) is 6.07 Å². The van der Waals surface area contributed by atoms with Crippen molar-refractivity contribution < 1.29 is 22.7 Å². The number of carbonyl (C=O) groups excluding carboxylic acids is 1. The molecule has 9 heteroatoms. The van der Waals surface area contributed by atoms with Gasteiger partial charge < -0.3 is 19.9 Å². The molecule has 2 rings (SSSR count). The molecule has 0 aliphatic carbocycles. The number of carbonyl (C=O) groups is 1. The zero-order valence-electron chi connectivity index (χ0n) is 13.7. The fourth-order valence-corrected chi connectivity index (χ4v) is 2.38. The summed E-state index contributed by atoms with van der Waals surface area (Å²) < 4.78 is 45.1. The summed E-state index contributed by atoms with van der Waals surface area (Å²) in [5.41, 5.74) is 4.95. The third kappa shape index (κ3) is 3.24. The Labute approximate surface area is 141 Å². The summed E-state index contributed by atoms with van der Waals surface area (Å²) >= 11 is 0. The first kappa shape index (κ1) is 18.2. The number of nitriles is 1. The maximum atomic E-state index is 13.1. The van der Waals surface area contributed by atoms with Gasteiger partial charge in [0, 0.05) is 20.3 Å². The fourth-order valence-electron chi connectivity index (χ4n) is 2.38. The highest BCUT2D eigenvalue weighted by Gasteiger charge is 2.32. The van der Waals surface area contributed by atoms with Gasteiger partial charge in [0.25, 0.3) is 0 Å². The van der Waals surface area contributed by atoms with Crippen LogP contribution >= 0.6 is 0 Å². The second-order valence-corrected chi connectivity index (χ2v) is 5.37. The van der Waals surface area contributed by atoms with Crippen LogP contribution < -0.4 is 10.6 Å². The topological polar surface area (TPSA) is 84.3 Å². The molecule has 132 valence electrons. The Morgan fingerprint density at radius 1 is 1.36 bits per heavy atom. The van der Waals surface area contributed by atoms with Gasteiger partial charge in [-0.3, -0.25) is 0 Å². The number of aromatic nitrogens is 1. The minimum atomic E-state index is -4.57. The minimum absolute atomic E-state index is 0.0393. The second-order valence-electron chi connectivity index (χ2n) is 5.37. The monoisotopic (exact) mass is 352 g/mol. The van der Waals surface area contributed by atoms with Crippen LogP contribution in [0.1, 0.15) is 21.6 Å². The lowest BCUT2D eigenvalue weighted by atomic mass is 10.1. The molecule has 1 aromatic heterocycles. The van der Waals surface area contributed by atoms with E-state index in [9.17, 15) is 18.0 Å². The molecule has 0 bridgehead atoms. The molecule has 6 nitrogen and oxygen atoms in total. The number of esters is 1. The van der Waals surface area contributed by atoms with Crippen LogP contribution in [0.25, 0.3) is 5.69 Å². The molecule has 0 radical (unpaired) electrons. The second kappa shape index (κ2) is 6.39. The number of nitrogens with two attached hydrogens (primary N) is 1. The fraction of sp³-hybridized carbons (Fsp3) is 0.250. The smallest absolute Gasteiger partial charge is 0.416 e. The first-order chi connectivity index (χ1) is 11.6. The van der Waals surface area contributed by atoms with Gasteiger partial charge in [-0.15, -0.1) is 0 Å². The zero-order chi connectivity index (χ0) is 18.9. The predicted molar refractivity (Wildman–Crippen MR) is 85.6 cm³/mol. The summed E-state index contributed by atoms with van der Waals surface area (Å²) in [6.07, 6.45) is -3.36. The molecular weight excluding hydrogens is 337 g/mol. The number of halogens is 3. The summed E-state index contributed by atoms with van der Waals surface area (Å²) in [5.74, 6) is -0.860. The van der Waals surface area contributed by atoms with Crippen molar-refractivity contribution in [3.05, 3.63) is 41.2 Å². The number of hydrogen-bond acceptors (Lipinski definition) is 5. The lowest BCUT2D eigenvalue weighted by Gasteiger charge is -2.21. The standard InChI is InChI=1S/C16H15F3N4O2/c1-22(2)11-5-4-10(16(17,18)19)6-12(11)23-8-9(7-20)13(21)14(23)15(24)25-3/h4-6,8H,21H2,1-3H3. The van der Waals surface area contributed by atoms with Crippen LogP contribution in [0.3, 0.4) is 0 Å². The van der Waals surface area contributed by atoms with Gasteiger partial charge in [-0.25, -0.2) is 4.79 Å². The van der Waals surface area contributed by atoms with Gasteiger partial charge in [0.1, 0.15) is 6.07 Å². The Morgan fingerprint density at radius 2 is 2.00 bits per heavy atom. The predicted octanol–water partition coefficient (Wildman–Crippen LogP) is 2.80. The molecule has 1 aromatic carbocycles. The van der Waals surface area contributed by atoms with Crippen molar-refractivity contribution in [2.24, 2.45) is 0 Å². The molecule has 0 aliphatic rings. The largest absolute Gasteiger partial charge is 0.464 e. The first-order valence-electron chi connectivity index (χ1n) is 7.00. The number of anilines is 2. The van der Waals surface area contributed by atoms with Crippen LogP contribution in [0.2, 0.25) is 0 Å². The average Bonchev–Trinajstić information content (AvgIpc) is 2.89. The normalized spacial score (nSPS) is 11.1. The lowest BCUT2D eigenvalue weighted by molar-refractivity contribution is -0.137. The molecule has 0 fully saturated rings. The van der Waals surface area contributed by atoms with Crippen LogP contribution in [-0.4, -0.2) is 31.7 Å². The Balaban J connectivity index is 2.85. The van der Waals surface area contributed by atoms with Crippen molar-refractivity contribution >= 4 is 17.3 Å². The number of alkyl halides is 3. The van der Waals surface area contributed by atoms with Gasteiger partial charge in [0.2, 0.25) is 0 Å². The number of benzene rings is 1. The number of nitrogens with zero attached hydrogens (tertiary/aromatic N) is 3. The van der Waals surface area contributed by atoms with Crippen LogP contribution in [0.15, 0.2) is 24.4 Å². The van der Waals surface area contributed by atoms with E-state index < -0.39 is 17.7 Å². The SMILES string of the molecule is COC(=O)c1c(N)c(C#N)cn1-c1cc(C(F)(F)F)ccc1N(C)C. The number of rotatable bonds is 3. The molecule has 2 N–H and O–H groups in total. The van der Waals surface area contributed by atoms with E-state index in [2.05, 4.69) is 4.74 Å². The summed E-state index contributed by atoms with van der Waals surface area (Å²) in [7, 11) is 4.40. The summed E-state index contributed by atoms with van der Waals surface area (Å²) in [5, 5.41) is 9.13. The van der Waals surface area contributed by atoms with Crippen LogP contribution in [-0.2, 0) is 10.9 Å². The van der Waals surface area contributed by atoms with Crippen molar-refractivity contribution in [1.82, 2.24) is 4.57 Å². The van der Waals surface area contributed by atoms with Gasteiger partial charge in [0.05, 0.1) is 35.3 Å². The molecule has 25 heavy (non-hydrogen) atoms. The summed E-state index contributed by atoms with van der Waals surface area (Å²) in [6.45, 7) is 0. The lowest BCUT2D eigenvalue weighted by Crippen LogP contribution is -2.17. The maximum Gasteiger partial charge on any atom is 0.416 e. The van der Waals surface area contributed by atoms with E-state index in [1.165, 1.54) is 12.3 Å². The van der Waals surface area contributed by atoms with E-state index >= 15 is 0 Å². The van der Waals surface area contributed by atoms with E-state index in [1.54, 1.807) is 19.0 Å². The van der Waals surface area contributed by atoms with E-state index in [0.29, 0.717) is 5.69 Å². The maximum absolute atomic E-state index is 13.1. The van der Waals surface area contributed by atoms with E-state index in [4.69, 9.17) is 11.0 Å². The Morgan fingerprint density at radius 3 is 2.48 bits per heavy atom. The summed E-state index contributed by atoms with van der Waals surface area (Å²) in [4.78, 5) is 13.6. The summed E-state index contributed by atoms with van der Waals surface area (Å²) in [6, 6.07) is 4.92. The molecule has 0 saturated carbocycles. The highest BCUT2D eigenvalue weighted by Crippen LogP contribution is 2.36. The number of nitrogen functional groups attached to an aromatic ring is 1. The van der Waals surface area contributed by atoms with E-state index in [-0.39, 0.29) is 22.6 Å². The van der Waals surface area contributed by atoms with Gasteiger partial charge in [-0.1, -0.05) is 0 Å². The van der Waals surface area contributed by atoms with Crippen LogP contribution in [0.4, 0.5) is 24.5 Å². The number of methoxy groups -OCH3 is 1. The van der Waals surface area contributed by atoms with Crippen molar-refractivity contribution in [3.8, 4) is 11.8 Å². The highest BCUT2D eigenvalue weighted by molar-refractivity contribution is 5.96. The molecule has 1 heterocycles. The molecule has 0 spiro atoms. The third-order valence-corrected chi connectivity index (χ3v) is 3.59. The molecule has 0 amide bonds. The van der Waals surface area contributed by atoms with Gasteiger partial charge in [-0.2, -0.15) is 18.4 Å². The number of hydrogen-bond donors (Lipinski definition) is 1. The molecule has 0 unspecified atom stereocenters. The number of ether oxygens (including phenoxy) is 1. The van der Waals surface area contributed by atoms with Crippen molar-refractivity contribution in [2.45, 2.75) is 6.18 Å². The Bertz CT molecular complexity index is 863. The first-order valence-corrected chi connectivity index (χ1v) is 7.00. The molecule has 0 saturated heterocycles. The third-order valence-electron chi connectivity index (χ3n) is 3.59. The van der Waals surface area contributed by atoms with E-state index in [0.717, 1.165) is 23.8 Å². The van der Waals surface area contributed by atoms with Crippen LogP contribution in [0.5, 0.6) is 0 Å². The quantitative estimate of drug-likeness (QED) is 0.859. The van der Waals surface area contributed by atoms with Gasteiger partial charge >= 0.3 is 12.1 Å². The Kier molecular flexibility index (Phi) is 4.65. The Hall–Kier alpha value is -3.15. The molecule has 2 aromatic rings. The average molecular weight is 352 g/mol. The minimum Gasteiger partial charge on any atom is -0.464 e. The molecular formula is C16H15F3N4O2. The van der Waals surface area contributed by atoms with Crippen LogP contribution in [0, 0.1) is 11.3 Å². The molecule has 0 atom stereocenters. The van der Waals surface area contributed by atoms with Crippen molar-refractivity contribution in [2.75, 3.05) is 31.8 Å². The highest BCUT2D eigenvalue weighted by atomic mass is 19.4. The van der Waals surface area contributed by atoms with Gasteiger partial charge in [-0.05, 0) is 18.2 Å².